The van der Waals surface area contributed by atoms with Crippen LogP contribution >= 0.6 is 0 Å². The summed E-state index contributed by atoms with van der Waals surface area (Å²) in [6.07, 6.45) is 25.3. The molecule has 19 heavy (non-hydrogen) atoms. The molecule has 0 atom stereocenters. The van der Waals surface area contributed by atoms with Crippen LogP contribution in [-0.2, 0) is 26.2 Å². The third-order valence-electron chi connectivity index (χ3n) is 2.77. The molecule has 2 rings (SSSR count). The van der Waals surface area contributed by atoms with Crippen LogP contribution in [0.25, 0.3) is 0 Å². The third kappa shape index (κ3) is 8.95. The maximum Gasteiger partial charge on any atom is 2.00 e. The molecule has 1 heteroatoms. The van der Waals surface area contributed by atoms with Crippen LogP contribution in [0.2, 0.25) is 0 Å². The molecule has 2 aliphatic rings. The van der Waals surface area contributed by atoms with Gasteiger partial charge in [-0.1, -0.05) is 25.0 Å². The molecule has 0 aromatic heterocycles. The summed E-state index contributed by atoms with van der Waals surface area (Å²) in [6, 6.07) is 0. The van der Waals surface area contributed by atoms with E-state index >= 15 is 0 Å². The van der Waals surface area contributed by atoms with Crippen molar-refractivity contribution in [2.24, 2.45) is 0 Å². The Morgan fingerprint density at radius 1 is 0.895 bits per heavy atom. The smallest absolute Gasteiger partial charge is 0.269 e. The molecule has 2 aliphatic carbocycles. The number of rotatable bonds is 6. The zero-order chi connectivity index (χ0) is 13.1. The van der Waals surface area contributed by atoms with Crippen LogP contribution in [0.15, 0.2) is 60.8 Å². The van der Waals surface area contributed by atoms with E-state index in [1.165, 1.54) is 11.1 Å². The fourth-order valence-corrected chi connectivity index (χ4v) is 1.76. The van der Waals surface area contributed by atoms with Gasteiger partial charge in [0.05, 0.1) is 0 Å². The van der Waals surface area contributed by atoms with Crippen molar-refractivity contribution in [3.05, 3.63) is 72.9 Å². The SMILES string of the molecule is C=CCCC1=[C-]CC=C1.C=CCCC1=[C-]CC=C1.[Zr+2]. The fraction of sp³-hybridized carbons (Fsp3) is 0.333. The van der Waals surface area contributed by atoms with Crippen LogP contribution in [0.5, 0.6) is 0 Å². The van der Waals surface area contributed by atoms with E-state index in [1.54, 1.807) is 0 Å². The standard InChI is InChI=1S/2C9H11.Zr/c2*1-2-3-6-9-7-4-5-8-9;/h2*2,4,7H,1,3,5-6H2;/q2*-1;+2. The average Bonchev–Trinajstić information content (AvgIpc) is 3.07. The molecule has 0 radical (unpaired) electrons. The molecule has 0 spiro atoms. The van der Waals surface area contributed by atoms with Crippen LogP contribution in [0.3, 0.4) is 0 Å². The molecular weight excluding hydrogens is 307 g/mol. The van der Waals surface area contributed by atoms with E-state index in [9.17, 15) is 0 Å². The van der Waals surface area contributed by atoms with Crippen molar-refractivity contribution in [1.82, 2.24) is 0 Å². The maximum absolute atomic E-state index is 3.66. The summed E-state index contributed by atoms with van der Waals surface area (Å²) >= 11 is 0. The second-order valence-corrected chi connectivity index (χ2v) is 4.27. The molecule has 0 fully saturated rings. The van der Waals surface area contributed by atoms with Gasteiger partial charge >= 0.3 is 26.2 Å². The summed E-state index contributed by atoms with van der Waals surface area (Å²) in [5, 5.41) is 0. The van der Waals surface area contributed by atoms with Gasteiger partial charge in [0.25, 0.3) is 0 Å². The number of hydrogen-bond acceptors (Lipinski definition) is 0. The normalized spacial score (nSPS) is 14.9. The van der Waals surface area contributed by atoms with Crippen molar-refractivity contribution < 1.29 is 26.2 Å². The second kappa shape index (κ2) is 12.4. The van der Waals surface area contributed by atoms with Crippen molar-refractivity contribution in [2.75, 3.05) is 0 Å². The zero-order valence-corrected chi connectivity index (χ0v) is 14.1. The monoisotopic (exact) mass is 328 g/mol. The van der Waals surface area contributed by atoms with Gasteiger partial charge in [-0.15, -0.1) is 26.0 Å². The number of hydrogen-bond donors (Lipinski definition) is 0. The van der Waals surface area contributed by atoms with Crippen LogP contribution in [0.1, 0.15) is 38.5 Å². The van der Waals surface area contributed by atoms with E-state index < -0.39 is 0 Å². The van der Waals surface area contributed by atoms with E-state index in [4.69, 9.17) is 0 Å². The first kappa shape index (κ1) is 18.3. The predicted molar refractivity (Wildman–Crippen MR) is 79.9 cm³/mol. The molecule has 0 bridgehead atoms. The Hall–Kier alpha value is -0.677. The van der Waals surface area contributed by atoms with Gasteiger partial charge < -0.3 is 0 Å². The van der Waals surface area contributed by atoms with Crippen molar-refractivity contribution in [2.45, 2.75) is 38.5 Å². The predicted octanol–water partition coefficient (Wildman–Crippen LogP) is 5.28. The molecule has 0 aliphatic heterocycles. The van der Waals surface area contributed by atoms with Crippen LogP contribution in [0, 0.1) is 12.2 Å². The van der Waals surface area contributed by atoms with Crippen LogP contribution < -0.4 is 0 Å². The maximum atomic E-state index is 3.66. The van der Waals surface area contributed by atoms with Gasteiger partial charge in [-0.3, -0.25) is 12.2 Å². The Bertz CT molecular complexity index is 342. The van der Waals surface area contributed by atoms with E-state index in [0.29, 0.717) is 0 Å². The van der Waals surface area contributed by atoms with Gasteiger partial charge in [0.15, 0.2) is 0 Å². The Morgan fingerprint density at radius 2 is 1.32 bits per heavy atom. The molecular formula is C18H22Zr. The minimum Gasteiger partial charge on any atom is -0.269 e. The summed E-state index contributed by atoms with van der Waals surface area (Å²) < 4.78 is 0. The summed E-state index contributed by atoms with van der Waals surface area (Å²) in [5.41, 5.74) is 2.69. The molecule has 0 unspecified atom stereocenters. The average molecular weight is 330 g/mol. The Morgan fingerprint density at radius 3 is 1.58 bits per heavy atom. The molecule has 98 valence electrons. The molecule has 0 amide bonds. The minimum atomic E-state index is 0. The fourth-order valence-electron chi connectivity index (χ4n) is 1.76. The van der Waals surface area contributed by atoms with Gasteiger partial charge in [-0.05, 0) is 12.8 Å². The first-order valence-corrected chi connectivity index (χ1v) is 6.61. The van der Waals surface area contributed by atoms with Gasteiger partial charge in [0.2, 0.25) is 0 Å². The van der Waals surface area contributed by atoms with E-state index in [1.807, 2.05) is 12.2 Å². The quantitative estimate of drug-likeness (QED) is 0.459. The van der Waals surface area contributed by atoms with Crippen molar-refractivity contribution in [3.63, 3.8) is 0 Å². The van der Waals surface area contributed by atoms with Gasteiger partial charge in [-0.2, -0.15) is 12.2 Å². The molecule has 0 heterocycles. The molecule has 0 saturated heterocycles. The first-order valence-electron chi connectivity index (χ1n) is 6.61. The second-order valence-electron chi connectivity index (χ2n) is 4.27. The molecule has 0 N–H and O–H groups in total. The van der Waals surface area contributed by atoms with Crippen LogP contribution in [0.4, 0.5) is 0 Å². The van der Waals surface area contributed by atoms with Crippen molar-refractivity contribution in [1.29, 1.82) is 0 Å². The van der Waals surface area contributed by atoms with Gasteiger partial charge in [0, 0.05) is 0 Å². The third-order valence-corrected chi connectivity index (χ3v) is 2.77. The topological polar surface area (TPSA) is 0 Å². The van der Waals surface area contributed by atoms with Gasteiger partial charge in [0.1, 0.15) is 0 Å². The van der Waals surface area contributed by atoms with E-state index in [2.05, 4.69) is 49.6 Å². The molecule has 0 aromatic carbocycles. The Labute approximate surface area is 137 Å². The van der Waals surface area contributed by atoms with Crippen molar-refractivity contribution >= 4 is 0 Å². The minimum absolute atomic E-state index is 0. The zero-order valence-electron chi connectivity index (χ0n) is 11.6. The molecule has 0 aromatic rings. The summed E-state index contributed by atoms with van der Waals surface area (Å²) in [6.45, 7) is 7.31. The van der Waals surface area contributed by atoms with E-state index in [0.717, 1.165) is 38.5 Å². The summed E-state index contributed by atoms with van der Waals surface area (Å²) in [5.74, 6) is 0. The number of allylic oxidation sites excluding steroid dienone is 10. The summed E-state index contributed by atoms with van der Waals surface area (Å²) in [4.78, 5) is 0. The Kier molecular flexibility index (Phi) is 11.9. The van der Waals surface area contributed by atoms with Crippen molar-refractivity contribution in [3.8, 4) is 0 Å². The largest absolute Gasteiger partial charge is 2.00 e. The van der Waals surface area contributed by atoms with E-state index in [-0.39, 0.29) is 26.2 Å². The summed E-state index contributed by atoms with van der Waals surface area (Å²) in [7, 11) is 0. The first-order chi connectivity index (χ1) is 8.86. The molecule has 0 nitrogen and oxygen atoms in total. The Balaban J connectivity index is 0.000000324. The van der Waals surface area contributed by atoms with Gasteiger partial charge in [-0.25, -0.2) is 23.3 Å². The van der Waals surface area contributed by atoms with Crippen LogP contribution in [-0.4, -0.2) is 0 Å². The molecule has 0 saturated carbocycles.